The van der Waals surface area contributed by atoms with E-state index in [1.54, 1.807) is 4.90 Å². The first-order chi connectivity index (χ1) is 10.4. The van der Waals surface area contributed by atoms with Gasteiger partial charge in [0.05, 0.1) is 12.5 Å². The fourth-order valence-corrected chi connectivity index (χ4v) is 3.15. The maximum Gasteiger partial charge on any atom is 0.227 e. The molecule has 2 atom stereocenters. The molecule has 0 spiro atoms. The highest BCUT2D eigenvalue weighted by atomic mass is 35.5. The highest BCUT2D eigenvalue weighted by molar-refractivity contribution is 5.85. The zero-order valence-corrected chi connectivity index (χ0v) is 15.2. The molecular formula is C18H29ClN2O2. The summed E-state index contributed by atoms with van der Waals surface area (Å²) in [6.45, 7) is 5.12. The molecule has 4 nitrogen and oxygen atoms in total. The van der Waals surface area contributed by atoms with Crippen LogP contribution in [-0.2, 0) is 4.79 Å². The maximum absolute atomic E-state index is 12.6. The summed E-state index contributed by atoms with van der Waals surface area (Å²) >= 11 is 0. The Labute approximate surface area is 145 Å². The molecule has 1 amide bonds. The molecule has 2 rings (SSSR count). The number of hydrogen-bond donors (Lipinski definition) is 1. The van der Waals surface area contributed by atoms with Crippen LogP contribution in [0.1, 0.15) is 38.2 Å². The Morgan fingerprint density at radius 3 is 2.83 bits per heavy atom. The van der Waals surface area contributed by atoms with Crippen LogP contribution < -0.4 is 10.5 Å². The Bertz CT molecular complexity index is 519. The molecule has 0 heterocycles. The molecule has 0 aliphatic heterocycles. The second-order valence-corrected chi connectivity index (χ2v) is 6.73. The van der Waals surface area contributed by atoms with Gasteiger partial charge in [-0.1, -0.05) is 25.0 Å². The van der Waals surface area contributed by atoms with E-state index in [9.17, 15) is 4.79 Å². The molecule has 1 saturated carbocycles. The minimum Gasteiger partial charge on any atom is -0.492 e. The highest BCUT2D eigenvalue weighted by Gasteiger charge is 2.38. The van der Waals surface area contributed by atoms with E-state index in [0.29, 0.717) is 13.2 Å². The Hall–Kier alpha value is -1.26. The molecule has 0 radical (unpaired) electrons. The van der Waals surface area contributed by atoms with E-state index in [-0.39, 0.29) is 29.8 Å². The predicted molar refractivity (Wildman–Crippen MR) is 96.1 cm³/mol. The fraction of sp³-hybridized carbons (Fsp3) is 0.611. The summed E-state index contributed by atoms with van der Waals surface area (Å²) in [7, 11) is 1.84. The normalized spacial score (nSPS) is 23.7. The van der Waals surface area contributed by atoms with E-state index in [0.717, 1.165) is 31.4 Å². The number of likely N-dealkylation sites (N-methyl/N-ethyl adjacent to an activating group) is 1. The predicted octanol–water partition coefficient (Wildman–Crippen LogP) is 3.16. The highest BCUT2D eigenvalue weighted by Crippen LogP contribution is 2.32. The quantitative estimate of drug-likeness (QED) is 0.895. The summed E-state index contributed by atoms with van der Waals surface area (Å²) in [6.07, 6.45) is 4.04. The fourth-order valence-electron chi connectivity index (χ4n) is 3.15. The molecule has 1 aliphatic carbocycles. The molecule has 1 aromatic carbocycles. The molecule has 130 valence electrons. The van der Waals surface area contributed by atoms with Crippen molar-refractivity contribution in [1.82, 2.24) is 4.90 Å². The molecule has 1 aliphatic rings. The van der Waals surface area contributed by atoms with Gasteiger partial charge in [-0.05, 0) is 44.4 Å². The summed E-state index contributed by atoms with van der Waals surface area (Å²) in [5.74, 6) is 0.935. The van der Waals surface area contributed by atoms with Crippen molar-refractivity contribution < 1.29 is 9.53 Å². The van der Waals surface area contributed by atoms with Crippen molar-refractivity contribution in [3.63, 3.8) is 0 Å². The SMILES string of the molecule is Cc1cccc(OCCN(C)C(=O)C2CCCCC2(C)N)c1.Cl. The first-order valence-corrected chi connectivity index (χ1v) is 8.13. The van der Waals surface area contributed by atoms with Crippen molar-refractivity contribution in [2.45, 2.75) is 45.1 Å². The summed E-state index contributed by atoms with van der Waals surface area (Å²) < 4.78 is 5.72. The van der Waals surface area contributed by atoms with Gasteiger partial charge in [0, 0.05) is 12.6 Å². The van der Waals surface area contributed by atoms with Crippen molar-refractivity contribution >= 4 is 18.3 Å². The lowest BCUT2D eigenvalue weighted by atomic mass is 9.74. The Morgan fingerprint density at radius 1 is 1.43 bits per heavy atom. The van der Waals surface area contributed by atoms with Crippen LogP contribution in [0.4, 0.5) is 0 Å². The van der Waals surface area contributed by atoms with Gasteiger partial charge in [0.1, 0.15) is 12.4 Å². The molecule has 0 aromatic heterocycles. The van der Waals surface area contributed by atoms with E-state index in [2.05, 4.69) is 0 Å². The van der Waals surface area contributed by atoms with Gasteiger partial charge >= 0.3 is 0 Å². The molecule has 5 heteroatoms. The van der Waals surface area contributed by atoms with Gasteiger partial charge in [-0.25, -0.2) is 0 Å². The zero-order valence-electron chi connectivity index (χ0n) is 14.4. The van der Waals surface area contributed by atoms with Crippen LogP contribution in [0.25, 0.3) is 0 Å². The largest absolute Gasteiger partial charge is 0.492 e. The Morgan fingerprint density at radius 2 is 2.17 bits per heavy atom. The van der Waals surface area contributed by atoms with Gasteiger partial charge < -0.3 is 15.4 Å². The van der Waals surface area contributed by atoms with Crippen LogP contribution in [-0.4, -0.2) is 36.5 Å². The van der Waals surface area contributed by atoms with Gasteiger partial charge in [0.25, 0.3) is 0 Å². The third-order valence-electron chi connectivity index (χ3n) is 4.61. The number of amides is 1. The van der Waals surface area contributed by atoms with Crippen molar-refractivity contribution in [3.05, 3.63) is 29.8 Å². The van der Waals surface area contributed by atoms with Crippen LogP contribution >= 0.6 is 12.4 Å². The smallest absolute Gasteiger partial charge is 0.227 e. The van der Waals surface area contributed by atoms with Crippen molar-refractivity contribution in [2.24, 2.45) is 11.7 Å². The van der Waals surface area contributed by atoms with Crippen LogP contribution in [0.2, 0.25) is 0 Å². The summed E-state index contributed by atoms with van der Waals surface area (Å²) in [4.78, 5) is 14.4. The number of nitrogens with zero attached hydrogens (tertiary/aromatic N) is 1. The van der Waals surface area contributed by atoms with Gasteiger partial charge in [-0.15, -0.1) is 12.4 Å². The first kappa shape index (κ1) is 19.8. The van der Waals surface area contributed by atoms with Gasteiger partial charge in [0.2, 0.25) is 5.91 Å². The number of rotatable bonds is 5. The van der Waals surface area contributed by atoms with E-state index < -0.39 is 0 Å². The standard InChI is InChI=1S/C18H28N2O2.ClH/c1-14-7-6-8-15(13-14)22-12-11-20(3)17(21)16-9-4-5-10-18(16,2)19;/h6-8,13,16H,4-5,9-12,19H2,1-3H3;1H. The number of aryl methyl sites for hydroxylation is 1. The van der Waals surface area contributed by atoms with Gasteiger partial charge in [-0.3, -0.25) is 4.79 Å². The third-order valence-corrected chi connectivity index (χ3v) is 4.61. The van der Waals surface area contributed by atoms with Crippen LogP contribution in [0.5, 0.6) is 5.75 Å². The molecule has 23 heavy (non-hydrogen) atoms. The van der Waals surface area contributed by atoms with Crippen molar-refractivity contribution in [3.8, 4) is 5.75 Å². The third kappa shape index (κ3) is 5.40. The number of nitrogens with two attached hydrogens (primary N) is 1. The Kier molecular flexibility index (Phi) is 7.36. The lowest BCUT2D eigenvalue weighted by Gasteiger charge is -2.39. The van der Waals surface area contributed by atoms with E-state index in [4.69, 9.17) is 10.5 Å². The molecule has 2 N–H and O–H groups in total. The number of halogens is 1. The van der Waals surface area contributed by atoms with Gasteiger partial charge in [0.15, 0.2) is 0 Å². The summed E-state index contributed by atoms with van der Waals surface area (Å²) in [6, 6.07) is 7.95. The van der Waals surface area contributed by atoms with E-state index in [1.165, 1.54) is 5.56 Å². The number of ether oxygens (including phenoxy) is 1. The van der Waals surface area contributed by atoms with Crippen molar-refractivity contribution in [1.29, 1.82) is 0 Å². The topological polar surface area (TPSA) is 55.6 Å². The van der Waals surface area contributed by atoms with Crippen LogP contribution in [0, 0.1) is 12.8 Å². The molecule has 1 fully saturated rings. The van der Waals surface area contributed by atoms with Crippen LogP contribution in [0.3, 0.4) is 0 Å². The molecule has 1 aromatic rings. The second-order valence-electron chi connectivity index (χ2n) is 6.73. The molecule has 2 unspecified atom stereocenters. The first-order valence-electron chi connectivity index (χ1n) is 8.13. The number of carbonyl (C=O) groups excluding carboxylic acids is 1. The minimum absolute atomic E-state index is 0. The summed E-state index contributed by atoms with van der Waals surface area (Å²) in [5, 5.41) is 0. The maximum atomic E-state index is 12.6. The lowest BCUT2D eigenvalue weighted by Crippen LogP contribution is -2.53. The molecule has 0 bridgehead atoms. The van der Waals surface area contributed by atoms with Crippen molar-refractivity contribution in [2.75, 3.05) is 20.2 Å². The molecule has 0 saturated heterocycles. The molecular weight excluding hydrogens is 312 g/mol. The van der Waals surface area contributed by atoms with E-state index in [1.807, 2.05) is 45.2 Å². The van der Waals surface area contributed by atoms with E-state index >= 15 is 0 Å². The Balaban J connectivity index is 0.00000264. The average Bonchev–Trinajstić information content (AvgIpc) is 2.46. The second kappa shape index (κ2) is 8.55. The minimum atomic E-state index is -0.374. The zero-order chi connectivity index (χ0) is 16.2. The number of benzene rings is 1. The van der Waals surface area contributed by atoms with Crippen LogP contribution in [0.15, 0.2) is 24.3 Å². The average molecular weight is 341 g/mol. The van der Waals surface area contributed by atoms with Gasteiger partial charge in [-0.2, -0.15) is 0 Å². The number of hydrogen-bond acceptors (Lipinski definition) is 3. The summed E-state index contributed by atoms with van der Waals surface area (Å²) in [5.41, 5.74) is 7.11. The monoisotopic (exact) mass is 340 g/mol. The number of carbonyl (C=O) groups is 1. The lowest BCUT2D eigenvalue weighted by molar-refractivity contribution is -0.137.